The summed E-state index contributed by atoms with van der Waals surface area (Å²) in [7, 11) is 0. The Hall–Kier alpha value is -5.71. The molecule has 0 spiro atoms. The molecule has 1 heterocycles. The van der Waals surface area contributed by atoms with Gasteiger partial charge in [-0.05, 0) is 76.1 Å². The number of benzene rings is 2. The highest BCUT2D eigenvalue weighted by molar-refractivity contribution is 5.96. The van der Waals surface area contributed by atoms with Crippen molar-refractivity contribution in [3.05, 3.63) is 65.7 Å². The molecule has 17 nitrogen and oxygen atoms in total. The quantitative estimate of drug-likeness (QED) is 0.106. The lowest BCUT2D eigenvalue weighted by Gasteiger charge is -2.29. The van der Waals surface area contributed by atoms with Gasteiger partial charge >= 0.3 is 12.1 Å². The minimum absolute atomic E-state index is 0.00573. The molecule has 1 fully saturated rings. The highest BCUT2D eigenvalue weighted by atomic mass is 16.6. The van der Waals surface area contributed by atoms with Gasteiger partial charge in [-0.15, -0.1) is 0 Å². The Morgan fingerprint density at radius 1 is 0.807 bits per heavy atom. The minimum atomic E-state index is -1.62. The number of hydrogen-bond acceptors (Lipinski definition) is 10. The molecule has 1 saturated heterocycles. The molecule has 1 aliphatic rings. The van der Waals surface area contributed by atoms with Gasteiger partial charge in [0.05, 0.1) is 12.6 Å². The van der Waals surface area contributed by atoms with Crippen LogP contribution in [0.5, 0.6) is 5.75 Å². The zero-order valence-electron chi connectivity index (χ0n) is 33.2. The third kappa shape index (κ3) is 15.0. The average molecular weight is 797 g/mol. The number of phenols is 1. The number of rotatable bonds is 18. The van der Waals surface area contributed by atoms with Crippen LogP contribution in [0.1, 0.15) is 71.9 Å². The smallest absolute Gasteiger partial charge is 0.408 e. The Morgan fingerprint density at radius 3 is 1.98 bits per heavy atom. The lowest BCUT2D eigenvalue weighted by Crippen LogP contribution is -2.58. The molecule has 0 saturated carbocycles. The fraction of sp³-hybridized carbons (Fsp3) is 0.525. The highest BCUT2D eigenvalue weighted by Gasteiger charge is 2.39. The summed E-state index contributed by atoms with van der Waals surface area (Å²) in [6, 6.07) is 8.72. The number of carboxylic acid groups (broad SMARTS) is 1. The summed E-state index contributed by atoms with van der Waals surface area (Å²) in [5.41, 5.74) is 0.463. The van der Waals surface area contributed by atoms with Crippen LogP contribution in [-0.2, 0) is 46.3 Å². The number of ether oxygens (including phenoxy) is 1. The Morgan fingerprint density at radius 2 is 1.40 bits per heavy atom. The SMILES string of the molecule is CC(C)C[C@@H](NC(=O)[C@@H](Cc1ccccc1)NC(=O)CNC(=O)[C@H]1CCCN1C(=O)[C@@H](Cc1ccc(O)cc1)NC(=O)OC(C)(C)C)C(=O)N[C@@H](C(=O)O)[C@H](C)O. The van der Waals surface area contributed by atoms with Crippen LogP contribution in [0.4, 0.5) is 4.79 Å². The molecule has 8 N–H and O–H groups in total. The number of carboxylic acids is 1. The maximum absolute atomic E-state index is 13.9. The summed E-state index contributed by atoms with van der Waals surface area (Å²) in [6.07, 6.45) is -1.33. The van der Waals surface area contributed by atoms with E-state index in [1.165, 1.54) is 24.0 Å². The van der Waals surface area contributed by atoms with E-state index >= 15 is 0 Å². The van der Waals surface area contributed by atoms with Crippen LogP contribution in [-0.4, -0.2) is 117 Å². The Balaban J connectivity index is 1.73. The summed E-state index contributed by atoms with van der Waals surface area (Å²) >= 11 is 0. The first-order valence-electron chi connectivity index (χ1n) is 18.9. The molecule has 0 aromatic heterocycles. The minimum Gasteiger partial charge on any atom is -0.508 e. The Kier molecular flexibility index (Phi) is 16.8. The summed E-state index contributed by atoms with van der Waals surface area (Å²) < 4.78 is 5.38. The maximum Gasteiger partial charge on any atom is 0.408 e. The van der Waals surface area contributed by atoms with Crippen molar-refractivity contribution in [3.8, 4) is 5.75 Å². The van der Waals surface area contributed by atoms with Gasteiger partial charge in [0, 0.05) is 19.4 Å². The molecule has 6 amide bonds. The zero-order chi connectivity index (χ0) is 42.4. The van der Waals surface area contributed by atoms with E-state index in [4.69, 9.17) is 4.74 Å². The number of carbonyl (C=O) groups excluding carboxylic acids is 6. The standard InChI is InChI=1S/C40H56N6O11/c1-23(2)19-28(35(51)45-33(24(3)47)38(54)55)43-34(50)29(20-25-11-8-7-9-12-25)42-32(49)22-41-36(52)31-13-10-18-46(31)37(53)30(44-39(56)57-40(4,5)6)21-26-14-16-27(48)17-15-26/h7-9,11-12,14-17,23-24,28-31,33,47-48H,10,13,18-22H2,1-6H3,(H,41,52)(H,42,49)(H,43,50)(H,44,56)(H,45,51)(H,54,55)/t24-,28+,29+,30+,31+,33+/m0/s1. The van der Waals surface area contributed by atoms with Crippen LogP contribution in [0, 0.1) is 5.92 Å². The molecule has 2 aromatic carbocycles. The largest absolute Gasteiger partial charge is 0.508 e. The highest BCUT2D eigenvalue weighted by Crippen LogP contribution is 2.21. The number of nitrogens with one attached hydrogen (secondary N) is 5. The number of carbonyl (C=O) groups is 7. The normalized spacial score (nSPS) is 16.6. The predicted octanol–water partition coefficient (Wildman–Crippen LogP) is 1.14. The molecule has 17 heteroatoms. The van der Waals surface area contributed by atoms with Crippen molar-refractivity contribution in [2.24, 2.45) is 5.92 Å². The number of phenolic OH excluding ortho intramolecular Hbond substituents is 1. The lowest BCUT2D eigenvalue weighted by atomic mass is 10.0. The van der Waals surface area contributed by atoms with Crippen LogP contribution in [0.2, 0.25) is 0 Å². The van der Waals surface area contributed by atoms with Crippen molar-refractivity contribution >= 4 is 41.6 Å². The van der Waals surface area contributed by atoms with E-state index in [1.54, 1.807) is 77.1 Å². The number of aliphatic carboxylic acids is 1. The van der Waals surface area contributed by atoms with Crippen LogP contribution in [0.15, 0.2) is 54.6 Å². The number of aromatic hydroxyl groups is 1. The summed E-state index contributed by atoms with van der Waals surface area (Å²) in [5.74, 6) is -5.03. The second-order valence-electron chi connectivity index (χ2n) is 15.5. The van der Waals surface area contributed by atoms with Gasteiger partial charge in [0.25, 0.3) is 0 Å². The van der Waals surface area contributed by atoms with E-state index in [0.717, 1.165) is 0 Å². The molecule has 6 atom stereocenters. The van der Waals surface area contributed by atoms with E-state index in [0.29, 0.717) is 17.5 Å². The monoisotopic (exact) mass is 796 g/mol. The number of nitrogens with zero attached hydrogens (tertiary/aromatic N) is 1. The van der Waals surface area contributed by atoms with E-state index in [2.05, 4.69) is 26.6 Å². The molecule has 0 unspecified atom stereocenters. The second kappa shape index (κ2) is 21.0. The Bertz CT molecular complexity index is 1710. The molecule has 0 bridgehead atoms. The van der Waals surface area contributed by atoms with Gasteiger partial charge < -0.3 is 51.5 Å². The van der Waals surface area contributed by atoms with Crippen LogP contribution < -0.4 is 26.6 Å². The van der Waals surface area contributed by atoms with E-state index in [1.807, 2.05) is 0 Å². The molecule has 57 heavy (non-hydrogen) atoms. The van der Waals surface area contributed by atoms with Crippen LogP contribution in [0.25, 0.3) is 0 Å². The van der Waals surface area contributed by atoms with Crippen LogP contribution in [0.3, 0.4) is 0 Å². The average Bonchev–Trinajstić information content (AvgIpc) is 3.62. The van der Waals surface area contributed by atoms with Gasteiger partial charge in [-0.25, -0.2) is 9.59 Å². The molecule has 1 aliphatic heterocycles. The summed E-state index contributed by atoms with van der Waals surface area (Å²) in [6.45, 7) is 9.49. The zero-order valence-corrected chi connectivity index (χ0v) is 33.2. The first-order chi connectivity index (χ1) is 26.7. The molecular formula is C40H56N6O11. The number of amides is 6. The molecule has 312 valence electrons. The van der Waals surface area contributed by atoms with E-state index in [9.17, 15) is 48.9 Å². The van der Waals surface area contributed by atoms with Gasteiger partial charge in [0.1, 0.15) is 35.5 Å². The molecule has 0 aliphatic carbocycles. The predicted molar refractivity (Wildman–Crippen MR) is 207 cm³/mol. The van der Waals surface area contributed by atoms with Crippen molar-refractivity contribution in [1.82, 2.24) is 31.5 Å². The lowest BCUT2D eigenvalue weighted by molar-refractivity contribution is -0.145. The fourth-order valence-electron chi connectivity index (χ4n) is 6.23. The molecule has 0 radical (unpaired) electrons. The van der Waals surface area contributed by atoms with Gasteiger partial charge in [0.15, 0.2) is 6.04 Å². The topological polar surface area (TPSA) is 253 Å². The molecule has 2 aromatic rings. The van der Waals surface area contributed by atoms with Gasteiger partial charge in [-0.2, -0.15) is 0 Å². The van der Waals surface area contributed by atoms with Crippen molar-refractivity contribution in [3.63, 3.8) is 0 Å². The maximum atomic E-state index is 13.9. The fourth-order valence-corrected chi connectivity index (χ4v) is 6.23. The number of aliphatic hydroxyl groups is 1. The second-order valence-corrected chi connectivity index (χ2v) is 15.5. The number of likely N-dealkylation sites (tertiary alicyclic amines) is 1. The number of alkyl carbamates (subject to hydrolysis) is 1. The van der Waals surface area contributed by atoms with Crippen molar-refractivity contribution < 1.29 is 53.6 Å². The summed E-state index contributed by atoms with van der Waals surface area (Å²) in [5, 5.41) is 41.7. The van der Waals surface area contributed by atoms with Gasteiger partial charge in [0.2, 0.25) is 29.5 Å². The van der Waals surface area contributed by atoms with E-state index in [-0.39, 0.29) is 43.9 Å². The molecule has 3 rings (SSSR count). The van der Waals surface area contributed by atoms with Crippen molar-refractivity contribution in [2.75, 3.05) is 13.1 Å². The first kappa shape index (κ1) is 45.7. The Labute approximate surface area is 332 Å². The third-order valence-electron chi connectivity index (χ3n) is 8.95. The first-order valence-corrected chi connectivity index (χ1v) is 18.9. The summed E-state index contributed by atoms with van der Waals surface area (Å²) in [4.78, 5) is 93.3. The number of hydrogen-bond donors (Lipinski definition) is 8. The van der Waals surface area contributed by atoms with Crippen molar-refractivity contribution in [2.45, 2.75) is 116 Å². The van der Waals surface area contributed by atoms with Gasteiger partial charge in [-0.1, -0.05) is 56.3 Å². The third-order valence-corrected chi connectivity index (χ3v) is 8.95. The molecular weight excluding hydrogens is 740 g/mol. The number of aliphatic hydroxyl groups excluding tert-OH is 1. The van der Waals surface area contributed by atoms with Crippen molar-refractivity contribution in [1.29, 1.82) is 0 Å². The van der Waals surface area contributed by atoms with Crippen LogP contribution >= 0.6 is 0 Å². The van der Waals surface area contributed by atoms with E-state index < -0.39 is 90.1 Å². The van der Waals surface area contributed by atoms with Gasteiger partial charge in [-0.3, -0.25) is 24.0 Å².